The van der Waals surface area contributed by atoms with E-state index in [-0.39, 0.29) is 0 Å². The van der Waals surface area contributed by atoms with Crippen molar-refractivity contribution in [3.05, 3.63) is 17.0 Å². The van der Waals surface area contributed by atoms with Gasteiger partial charge in [-0.25, -0.2) is 0 Å². The third-order valence-electron chi connectivity index (χ3n) is 3.65. The molecule has 1 aliphatic rings. The number of aromatic nitrogens is 2. The maximum absolute atomic E-state index is 11.2. The lowest BCUT2D eigenvalue weighted by Crippen LogP contribution is -2.18. The van der Waals surface area contributed by atoms with Crippen LogP contribution in [-0.2, 0) is 17.8 Å². The summed E-state index contributed by atoms with van der Waals surface area (Å²) in [5.41, 5.74) is 2.73. The van der Waals surface area contributed by atoms with Gasteiger partial charge in [0, 0.05) is 12.2 Å². The molecule has 88 valence electrons. The van der Waals surface area contributed by atoms with Crippen molar-refractivity contribution in [2.75, 3.05) is 0 Å². The van der Waals surface area contributed by atoms with E-state index in [0.29, 0.717) is 6.42 Å². The fourth-order valence-corrected chi connectivity index (χ4v) is 2.25. The molecule has 0 unspecified atom stereocenters. The van der Waals surface area contributed by atoms with Gasteiger partial charge in [0.15, 0.2) is 0 Å². The van der Waals surface area contributed by atoms with Crippen molar-refractivity contribution in [3.8, 4) is 0 Å². The number of carboxylic acids is 1. The molecule has 1 aromatic rings. The van der Waals surface area contributed by atoms with Crippen LogP contribution in [0.5, 0.6) is 0 Å². The van der Waals surface area contributed by atoms with Crippen LogP contribution in [0.1, 0.15) is 36.7 Å². The molecule has 1 aromatic heterocycles. The molecule has 0 aliphatic heterocycles. The first kappa shape index (κ1) is 11.2. The standard InChI is InChI=1S/C12H18N2O2/c1-4-14-9(3)10(8(2)13-14)7-12(5-6-12)11(15)16/h4-7H2,1-3H3,(H,15,16). The van der Waals surface area contributed by atoms with Crippen molar-refractivity contribution in [1.82, 2.24) is 9.78 Å². The van der Waals surface area contributed by atoms with Gasteiger partial charge in [-0.3, -0.25) is 9.48 Å². The lowest BCUT2D eigenvalue weighted by Gasteiger charge is -2.09. The lowest BCUT2D eigenvalue weighted by molar-refractivity contribution is -0.143. The molecule has 0 amide bonds. The predicted octanol–water partition coefficient (Wildman–Crippen LogP) is 1.93. The first-order valence-electron chi connectivity index (χ1n) is 5.76. The molecule has 1 saturated carbocycles. The Labute approximate surface area is 95.3 Å². The average molecular weight is 222 g/mol. The van der Waals surface area contributed by atoms with E-state index < -0.39 is 11.4 Å². The van der Waals surface area contributed by atoms with E-state index in [1.165, 1.54) is 0 Å². The van der Waals surface area contributed by atoms with Crippen molar-refractivity contribution in [2.24, 2.45) is 5.41 Å². The van der Waals surface area contributed by atoms with Gasteiger partial charge in [0.05, 0.1) is 11.1 Å². The quantitative estimate of drug-likeness (QED) is 0.846. The van der Waals surface area contributed by atoms with Crippen LogP contribution in [-0.4, -0.2) is 20.9 Å². The van der Waals surface area contributed by atoms with E-state index in [1.54, 1.807) is 0 Å². The van der Waals surface area contributed by atoms with Crippen LogP contribution in [0.3, 0.4) is 0 Å². The van der Waals surface area contributed by atoms with Gasteiger partial charge in [0.2, 0.25) is 0 Å². The first-order valence-corrected chi connectivity index (χ1v) is 5.76. The maximum atomic E-state index is 11.2. The van der Waals surface area contributed by atoms with E-state index in [9.17, 15) is 9.90 Å². The van der Waals surface area contributed by atoms with Crippen molar-refractivity contribution < 1.29 is 9.90 Å². The largest absolute Gasteiger partial charge is 0.481 e. The molecule has 0 radical (unpaired) electrons. The Balaban J connectivity index is 2.28. The summed E-state index contributed by atoms with van der Waals surface area (Å²) < 4.78 is 1.95. The Hall–Kier alpha value is -1.32. The van der Waals surface area contributed by atoms with Crippen LogP contribution in [0.4, 0.5) is 0 Å². The molecule has 0 aromatic carbocycles. The average Bonchev–Trinajstić information content (AvgIpc) is 2.97. The summed E-state index contributed by atoms with van der Waals surface area (Å²) in [6.45, 7) is 6.88. The summed E-state index contributed by atoms with van der Waals surface area (Å²) in [6, 6.07) is 0. The third-order valence-corrected chi connectivity index (χ3v) is 3.65. The Kier molecular flexibility index (Phi) is 2.52. The zero-order valence-corrected chi connectivity index (χ0v) is 10.1. The minimum Gasteiger partial charge on any atom is -0.481 e. The summed E-state index contributed by atoms with van der Waals surface area (Å²) in [5, 5.41) is 13.6. The number of hydrogen-bond donors (Lipinski definition) is 1. The number of nitrogens with zero attached hydrogens (tertiary/aromatic N) is 2. The number of hydrogen-bond acceptors (Lipinski definition) is 2. The van der Waals surface area contributed by atoms with Gasteiger partial charge in [-0.05, 0) is 45.6 Å². The molecule has 0 bridgehead atoms. The minimum atomic E-state index is -0.657. The second-order valence-corrected chi connectivity index (χ2v) is 4.73. The Morgan fingerprint density at radius 1 is 1.50 bits per heavy atom. The van der Waals surface area contributed by atoms with Crippen molar-refractivity contribution in [1.29, 1.82) is 0 Å². The van der Waals surface area contributed by atoms with Gasteiger partial charge >= 0.3 is 5.97 Å². The Bertz CT molecular complexity index is 430. The zero-order valence-electron chi connectivity index (χ0n) is 10.1. The molecular formula is C12H18N2O2. The molecule has 0 atom stereocenters. The van der Waals surface area contributed by atoms with Gasteiger partial charge < -0.3 is 5.11 Å². The molecule has 1 aliphatic carbocycles. The summed E-state index contributed by atoms with van der Waals surface area (Å²) in [4.78, 5) is 11.2. The monoisotopic (exact) mass is 222 g/mol. The molecule has 4 heteroatoms. The van der Waals surface area contributed by atoms with Crippen LogP contribution in [0.15, 0.2) is 0 Å². The molecule has 0 spiro atoms. The second kappa shape index (κ2) is 3.61. The highest BCUT2D eigenvalue weighted by atomic mass is 16.4. The Morgan fingerprint density at radius 2 is 2.12 bits per heavy atom. The molecular weight excluding hydrogens is 204 g/mol. The van der Waals surface area contributed by atoms with Crippen LogP contribution in [0.2, 0.25) is 0 Å². The summed E-state index contributed by atoms with van der Waals surface area (Å²) >= 11 is 0. The van der Waals surface area contributed by atoms with E-state index in [4.69, 9.17) is 0 Å². The fourth-order valence-electron chi connectivity index (χ4n) is 2.25. The number of carboxylic acid groups (broad SMARTS) is 1. The number of rotatable bonds is 4. The van der Waals surface area contributed by atoms with Crippen molar-refractivity contribution in [3.63, 3.8) is 0 Å². The third kappa shape index (κ3) is 1.62. The minimum absolute atomic E-state index is 0.489. The van der Waals surface area contributed by atoms with Crippen molar-refractivity contribution in [2.45, 2.75) is 46.6 Å². The van der Waals surface area contributed by atoms with Gasteiger partial charge in [-0.2, -0.15) is 5.10 Å². The molecule has 16 heavy (non-hydrogen) atoms. The second-order valence-electron chi connectivity index (χ2n) is 4.73. The summed E-state index contributed by atoms with van der Waals surface area (Å²) in [5.74, 6) is -0.657. The van der Waals surface area contributed by atoms with E-state index in [2.05, 4.69) is 5.10 Å². The number of aryl methyl sites for hydroxylation is 2. The van der Waals surface area contributed by atoms with E-state index in [0.717, 1.165) is 36.3 Å². The zero-order chi connectivity index (χ0) is 11.9. The lowest BCUT2D eigenvalue weighted by atomic mass is 9.95. The molecule has 1 heterocycles. The number of carbonyl (C=O) groups is 1. The normalized spacial score (nSPS) is 17.4. The first-order chi connectivity index (χ1) is 7.50. The van der Waals surface area contributed by atoms with E-state index in [1.807, 2.05) is 25.5 Å². The molecule has 4 nitrogen and oxygen atoms in total. The van der Waals surface area contributed by atoms with Crippen LogP contribution >= 0.6 is 0 Å². The summed E-state index contributed by atoms with van der Waals surface area (Å²) in [7, 11) is 0. The smallest absolute Gasteiger partial charge is 0.309 e. The van der Waals surface area contributed by atoms with Gasteiger partial charge in [0.25, 0.3) is 0 Å². The summed E-state index contributed by atoms with van der Waals surface area (Å²) in [6.07, 6.45) is 2.25. The predicted molar refractivity (Wildman–Crippen MR) is 60.4 cm³/mol. The van der Waals surface area contributed by atoms with E-state index >= 15 is 0 Å². The fraction of sp³-hybridized carbons (Fsp3) is 0.667. The highest BCUT2D eigenvalue weighted by molar-refractivity contribution is 5.78. The number of aliphatic carboxylic acids is 1. The van der Waals surface area contributed by atoms with Crippen LogP contribution in [0, 0.1) is 19.3 Å². The van der Waals surface area contributed by atoms with Gasteiger partial charge in [-0.1, -0.05) is 0 Å². The van der Waals surface area contributed by atoms with Crippen molar-refractivity contribution >= 4 is 5.97 Å². The maximum Gasteiger partial charge on any atom is 0.309 e. The van der Waals surface area contributed by atoms with Gasteiger partial charge in [-0.15, -0.1) is 0 Å². The highest BCUT2D eigenvalue weighted by Gasteiger charge is 2.50. The molecule has 1 N–H and O–H groups in total. The van der Waals surface area contributed by atoms with Gasteiger partial charge in [0.1, 0.15) is 0 Å². The highest BCUT2D eigenvalue weighted by Crippen LogP contribution is 2.49. The molecule has 2 rings (SSSR count). The Morgan fingerprint density at radius 3 is 2.50 bits per heavy atom. The van der Waals surface area contributed by atoms with Crippen LogP contribution < -0.4 is 0 Å². The van der Waals surface area contributed by atoms with Crippen LogP contribution in [0.25, 0.3) is 0 Å². The SMILES string of the molecule is CCn1nc(C)c(CC2(C(=O)O)CC2)c1C. The molecule has 0 saturated heterocycles. The topological polar surface area (TPSA) is 55.1 Å². The molecule has 1 fully saturated rings.